The zero-order chi connectivity index (χ0) is 20.3. The highest BCUT2D eigenvalue weighted by molar-refractivity contribution is 7.89. The van der Waals surface area contributed by atoms with Crippen molar-refractivity contribution in [3.8, 4) is 11.5 Å². The first-order valence-electron chi connectivity index (χ1n) is 8.69. The molecule has 0 radical (unpaired) electrons. The summed E-state index contributed by atoms with van der Waals surface area (Å²) in [5.74, 6) is 0.414. The van der Waals surface area contributed by atoms with Crippen LogP contribution in [0.4, 0.5) is 0 Å². The summed E-state index contributed by atoms with van der Waals surface area (Å²) in [6.07, 6.45) is 0.714. The molecular weight excluding hydrogens is 404 g/mol. The summed E-state index contributed by atoms with van der Waals surface area (Å²) in [6.45, 7) is 0.951. The minimum Gasteiger partial charge on any atom is -0.490 e. The molecule has 1 aliphatic heterocycles. The minimum absolute atomic E-state index is 0.0158. The van der Waals surface area contributed by atoms with Crippen molar-refractivity contribution in [2.45, 2.75) is 17.4 Å². The molecule has 2 aromatic carbocycles. The lowest BCUT2D eigenvalue weighted by Gasteiger charge is -2.27. The molecule has 7 nitrogen and oxygen atoms in total. The molecule has 1 heterocycles. The maximum Gasteiger partial charge on any atom is 0.243 e. The average molecular weight is 425 g/mol. The Balaban J connectivity index is 1.99. The van der Waals surface area contributed by atoms with E-state index in [-0.39, 0.29) is 4.90 Å². The summed E-state index contributed by atoms with van der Waals surface area (Å²) in [5.41, 5.74) is 0.504. The van der Waals surface area contributed by atoms with Crippen LogP contribution in [-0.2, 0) is 14.8 Å². The second kappa shape index (κ2) is 8.38. The predicted octanol–water partition coefficient (Wildman–Crippen LogP) is 2.61. The van der Waals surface area contributed by atoms with Crippen molar-refractivity contribution in [2.24, 2.45) is 0 Å². The van der Waals surface area contributed by atoms with Crippen LogP contribution in [0.3, 0.4) is 0 Å². The second-order valence-electron chi connectivity index (χ2n) is 6.25. The van der Waals surface area contributed by atoms with Gasteiger partial charge in [-0.15, -0.1) is 0 Å². The van der Waals surface area contributed by atoms with Gasteiger partial charge in [-0.25, -0.2) is 8.42 Å². The molecule has 0 spiro atoms. The van der Waals surface area contributed by atoms with E-state index >= 15 is 0 Å². The number of hydrogen-bond donors (Lipinski definition) is 1. The molecule has 2 aromatic rings. The van der Waals surface area contributed by atoms with Crippen LogP contribution in [0.5, 0.6) is 11.5 Å². The number of hydrogen-bond acceptors (Lipinski definition) is 5. The number of carbonyl (C=O) groups excluding carboxylic acids is 1. The van der Waals surface area contributed by atoms with Gasteiger partial charge in [0, 0.05) is 31.6 Å². The van der Waals surface area contributed by atoms with Crippen molar-refractivity contribution in [3.05, 3.63) is 53.1 Å². The van der Waals surface area contributed by atoms with Crippen LogP contribution in [0.1, 0.15) is 18.0 Å². The van der Waals surface area contributed by atoms with Crippen LogP contribution in [-0.4, -0.2) is 45.9 Å². The van der Waals surface area contributed by atoms with Crippen molar-refractivity contribution >= 4 is 27.5 Å². The fourth-order valence-electron chi connectivity index (χ4n) is 2.92. The van der Waals surface area contributed by atoms with Crippen LogP contribution in [0.15, 0.2) is 47.4 Å². The lowest BCUT2D eigenvalue weighted by Crippen LogP contribution is -2.40. The molecule has 1 atom stereocenters. The number of halogens is 1. The topological polar surface area (TPSA) is 84.9 Å². The van der Waals surface area contributed by atoms with Gasteiger partial charge >= 0.3 is 0 Å². The van der Waals surface area contributed by atoms with Crippen LogP contribution in [0.2, 0.25) is 5.02 Å². The molecule has 1 unspecified atom stereocenters. The minimum atomic E-state index is -3.99. The van der Waals surface area contributed by atoms with E-state index in [1.165, 1.54) is 26.2 Å². The Labute approximate surface area is 169 Å². The molecule has 1 N–H and O–H groups in total. The second-order valence-corrected chi connectivity index (χ2v) is 8.68. The predicted molar refractivity (Wildman–Crippen MR) is 105 cm³/mol. The number of nitrogens with zero attached hydrogens (tertiary/aromatic N) is 1. The molecule has 0 aromatic heterocycles. The van der Waals surface area contributed by atoms with Crippen molar-refractivity contribution in [1.29, 1.82) is 0 Å². The van der Waals surface area contributed by atoms with E-state index in [0.717, 1.165) is 4.31 Å². The summed E-state index contributed by atoms with van der Waals surface area (Å²) in [7, 11) is -1.17. The van der Waals surface area contributed by atoms with Crippen LogP contribution < -0.4 is 14.8 Å². The Morgan fingerprint density at radius 2 is 1.75 bits per heavy atom. The third kappa shape index (κ3) is 4.09. The number of rotatable bonds is 5. The molecule has 9 heteroatoms. The number of nitrogens with one attached hydrogen (secondary N) is 1. The zero-order valence-electron chi connectivity index (χ0n) is 15.5. The largest absolute Gasteiger partial charge is 0.490 e. The van der Waals surface area contributed by atoms with Gasteiger partial charge in [-0.3, -0.25) is 4.79 Å². The van der Waals surface area contributed by atoms with E-state index in [1.807, 2.05) is 0 Å². The Morgan fingerprint density at radius 3 is 2.39 bits per heavy atom. The van der Waals surface area contributed by atoms with Gasteiger partial charge in [-0.05, 0) is 29.8 Å². The van der Waals surface area contributed by atoms with Crippen LogP contribution >= 0.6 is 11.6 Å². The molecule has 28 heavy (non-hydrogen) atoms. The number of amides is 1. The molecule has 0 aliphatic carbocycles. The average Bonchev–Trinajstić information content (AvgIpc) is 2.94. The summed E-state index contributed by atoms with van der Waals surface area (Å²) >= 11 is 5.92. The highest BCUT2D eigenvalue weighted by Gasteiger charge is 2.34. The molecule has 0 bridgehead atoms. The normalized spacial score (nSPS) is 15.0. The van der Waals surface area contributed by atoms with E-state index in [1.54, 1.807) is 30.3 Å². The van der Waals surface area contributed by atoms with Gasteiger partial charge in [0.2, 0.25) is 15.9 Å². The Hall–Kier alpha value is -2.29. The number of ether oxygens (including phenoxy) is 2. The van der Waals surface area contributed by atoms with E-state index < -0.39 is 22.0 Å². The van der Waals surface area contributed by atoms with E-state index in [2.05, 4.69) is 5.32 Å². The molecule has 0 saturated carbocycles. The number of likely N-dealkylation sites (N-methyl/N-ethyl adjacent to an activating group) is 2. The van der Waals surface area contributed by atoms with Gasteiger partial charge in [0.15, 0.2) is 11.5 Å². The van der Waals surface area contributed by atoms with Gasteiger partial charge in [-0.2, -0.15) is 4.31 Å². The maximum absolute atomic E-state index is 13.2. The highest BCUT2D eigenvalue weighted by atomic mass is 35.5. The Bertz CT molecular complexity index is 963. The lowest BCUT2D eigenvalue weighted by molar-refractivity contribution is -0.124. The smallest absolute Gasteiger partial charge is 0.243 e. The van der Waals surface area contributed by atoms with Crippen molar-refractivity contribution in [2.75, 3.05) is 27.3 Å². The third-order valence-corrected chi connectivity index (χ3v) is 6.51. The first kappa shape index (κ1) is 20.4. The number of benzene rings is 2. The lowest BCUT2D eigenvalue weighted by atomic mass is 10.1. The monoisotopic (exact) mass is 424 g/mol. The third-order valence-electron chi connectivity index (χ3n) is 4.44. The SMILES string of the molecule is CNC(=O)C(c1ccc(Cl)cc1)N(C)S(=O)(=O)c1ccc2c(c1)OCCCO2. The molecule has 150 valence electrons. The molecular formula is C19H21ClN2O5S. The fourth-order valence-corrected chi connectivity index (χ4v) is 4.37. The molecule has 3 rings (SSSR count). The number of sulfonamides is 1. The fraction of sp³-hybridized carbons (Fsp3) is 0.316. The summed E-state index contributed by atoms with van der Waals surface area (Å²) < 4.78 is 38.6. The first-order valence-corrected chi connectivity index (χ1v) is 10.5. The van der Waals surface area contributed by atoms with Crippen molar-refractivity contribution < 1.29 is 22.7 Å². The first-order chi connectivity index (χ1) is 13.3. The van der Waals surface area contributed by atoms with Gasteiger partial charge in [-0.1, -0.05) is 23.7 Å². The molecule has 0 fully saturated rings. The molecule has 0 saturated heterocycles. The van der Waals surface area contributed by atoms with Gasteiger partial charge < -0.3 is 14.8 Å². The van der Waals surface area contributed by atoms with Gasteiger partial charge in [0.25, 0.3) is 0 Å². The van der Waals surface area contributed by atoms with Crippen molar-refractivity contribution in [3.63, 3.8) is 0 Å². The van der Waals surface area contributed by atoms with Crippen LogP contribution in [0.25, 0.3) is 0 Å². The quantitative estimate of drug-likeness (QED) is 0.797. The van der Waals surface area contributed by atoms with E-state index in [0.29, 0.717) is 41.7 Å². The van der Waals surface area contributed by atoms with Gasteiger partial charge in [0.05, 0.1) is 18.1 Å². The van der Waals surface area contributed by atoms with Crippen molar-refractivity contribution in [1.82, 2.24) is 9.62 Å². The van der Waals surface area contributed by atoms with E-state index in [9.17, 15) is 13.2 Å². The Kier molecular flexibility index (Phi) is 6.12. The maximum atomic E-state index is 13.2. The van der Waals surface area contributed by atoms with E-state index in [4.69, 9.17) is 21.1 Å². The Morgan fingerprint density at radius 1 is 1.11 bits per heavy atom. The van der Waals surface area contributed by atoms with Crippen LogP contribution in [0, 0.1) is 0 Å². The number of fused-ring (bicyclic) bond motifs is 1. The van der Waals surface area contributed by atoms with Gasteiger partial charge in [0.1, 0.15) is 6.04 Å². The standard InChI is InChI=1S/C19H21ClN2O5S/c1-21-19(23)18(13-4-6-14(20)7-5-13)22(2)28(24,25)15-8-9-16-17(12-15)27-11-3-10-26-16/h4-9,12,18H,3,10-11H2,1-2H3,(H,21,23). The zero-order valence-corrected chi connectivity index (χ0v) is 17.1. The molecule has 1 aliphatic rings. The summed E-state index contributed by atoms with van der Waals surface area (Å²) in [4.78, 5) is 12.5. The highest BCUT2D eigenvalue weighted by Crippen LogP contribution is 2.34. The molecule has 1 amide bonds. The number of carbonyl (C=O) groups is 1. The summed E-state index contributed by atoms with van der Waals surface area (Å²) in [6, 6.07) is 9.87. The summed E-state index contributed by atoms with van der Waals surface area (Å²) in [5, 5.41) is 3.01.